The molecule has 0 fully saturated rings. The first-order chi connectivity index (χ1) is 8.34. The Morgan fingerprint density at radius 3 is 2.67 bits per heavy atom. The van der Waals surface area contributed by atoms with Gasteiger partial charge in [-0.3, -0.25) is 4.79 Å². The Hall–Kier alpha value is -1.58. The van der Waals surface area contributed by atoms with Crippen molar-refractivity contribution in [3.8, 4) is 0 Å². The van der Waals surface area contributed by atoms with E-state index in [2.05, 4.69) is 43.3 Å². The molecule has 0 aromatic carbocycles. The zero-order chi connectivity index (χ0) is 13.8. The van der Waals surface area contributed by atoms with E-state index in [4.69, 9.17) is 0 Å². The second kappa shape index (κ2) is 5.85. The lowest BCUT2D eigenvalue weighted by atomic mass is 9.82. The van der Waals surface area contributed by atoms with Gasteiger partial charge >= 0.3 is 0 Å². The van der Waals surface area contributed by atoms with Gasteiger partial charge in [0.1, 0.15) is 5.82 Å². The summed E-state index contributed by atoms with van der Waals surface area (Å²) in [6.45, 7) is 9.35. The zero-order valence-corrected chi connectivity index (χ0v) is 11.9. The van der Waals surface area contributed by atoms with Crippen molar-refractivity contribution in [3.63, 3.8) is 0 Å². The van der Waals surface area contributed by atoms with Gasteiger partial charge in [-0.1, -0.05) is 27.7 Å². The highest BCUT2D eigenvalue weighted by Gasteiger charge is 2.20. The molecular formula is C14H23N3O. The van der Waals surface area contributed by atoms with Crippen LogP contribution in [-0.4, -0.2) is 24.5 Å². The van der Waals surface area contributed by atoms with Crippen molar-refractivity contribution in [2.45, 2.75) is 27.7 Å². The first-order valence-electron chi connectivity index (χ1n) is 6.26. The van der Waals surface area contributed by atoms with E-state index >= 15 is 0 Å². The van der Waals surface area contributed by atoms with Crippen LogP contribution in [0.15, 0.2) is 18.3 Å². The summed E-state index contributed by atoms with van der Waals surface area (Å²) in [5.41, 5.74) is 0.831. The predicted octanol–water partition coefficient (Wildman–Crippen LogP) is 2.54. The number of carbonyl (C=O) groups excluding carboxylic acids is 1. The van der Waals surface area contributed by atoms with Crippen LogP contribution in [0.3, 0.4) is 0 Å². The lowest BCUT2D eigenvalue weighted by molar-refractivity contribution is 0.0937. The van der Waals surface area contributed by atoms with E-state index < -0.39 is 0 Å². The van der Waals surface area contributed by atoms with Crippen LogP contribution in [0.2, 0.25) is 0 Å². The number of nitrogens with one attached hydrogen (secondary N) is 2. The average molecular weight is 249 g/mol. The first-order valence-corrected chi connectivity index (χ1v) is 6.26. The maximum Gasteiger partial charge on any atom is 0.251 e. The van der Waals surface area contributed by atoms with E-state index in [1.807, 2.05) is 0 Å². The minimum Gasteiger partial charge on any atom is -0.373 e. The smallest absolute Gasteiger partial charge is 0.251 e. The molecule has 1 aromatic rings. The topological polar surface area (TPSA) is 54.0 Å². The van der Waals surface area contributed by atoms with Gasteiger partial charge in [0.15, 0.2) is 0 Å². The average Bonchev–Trinajstić information content (AvgIpc) is 2.34. The number of hydrogen-bond acceptors (Lipinski definition) is 3. The monoisotopic (exact) mass is 249 g/mol. The lowest BCUT2D eigenvalue weighted by Crippen LogP contribution is -2.33. The summed E-state index contributed by atoms with van der Waals surface area (Å²) in [6.07, 6.45) is 1.63. The van der Waals surface area contributed by atoms with E-state index in [-0.39, 0.29) is 11.3 Å². The Kier molecular flexibility index (Phi) is 4.70. The molecule has 0 bridgehead atoms. The van der Waals surface area contributed by atoms with Gasteiger partial charge in [0.2, 0.25) is 0 Å². The Balaban J connectivity index is 2.60. The molecule has 0 aliphatic rings. The molecule has 0 spiro atoms. The second-order valence-corrected chi connectivity index (χ2v) is 5.66. The number of carbonyl (C=O) groups is 1. The fraction of sp³-hybridized carbons (Fsp3) is 0.571. The largest absolute Gasteiger partial charge is 0.373 e. The molecule has 0 aliphatic carbocycles. The Morgan fingerprint density at radius 2 is 2.11 bits per heavy atom. The van der Waals surface area contributed by atoms with Crippen LogP contribution >= 0.6 is 0 Å². The highest BCUT2D eigenvalue weighted by atomic mass is 16.1. The number of aromatic nitrogens is 1. The summed E-state index contributed by atoms with van der Waals surface area (Å²) < 4.78 is 0. The SMILES string of the molecule is CNc1cc(C(=O)NCC(C)C(C)(C)C)ccn1. The Morgan fingerprint density at radius 1 is 1.44 bits per heavy atom. The van der Waals surface area contributed by atoms with Gasteiger partial charge in [-0.25, -0.2) is 4.98 Å². The fourth-order valence-corrected chi connectivity index (χ4v) is 1.36. The molecule has 0 saturated heterocycles. The quantitative estimate of drug-likeness (QED) is 0.862. The van der Waals surface area contributed by atoms with Crippen LogP contribution in [0, 0.1) is 11.3 Å². The van der Waals surface area contributed by atoms with Crippen molar-refractivity contribution in [1.82, 2.24) is 10.3 Å². The minimum absolute atomic E-state index is 0.0509. The van der Waals surface area contributed by atoms with Crippen molar-refractivity contribution in [2.75, 3.05) is 18.9 Å². The summed E-state index contributed by atoms with van der Waals surface area (Å²) in [4.78, 5) is 16.1. The van der Waals surface area contributed by atoms with Crippen LogP contribution in [0.4, 0.5) is 5.82 Å². The predicted molar refractivity (Wildman–Crippen MR) is 74.7 cm³/mol. The summed E-state index contributed by atoms with van der Waals surface area (Å²) in [7, 11) is 1.78. The van der Waals surface area contributed by atoms with Gasteiger partial charge in [-0.2, -0.15) is 0 Å². The standard InChI is InChI=1S/C14H23N3O/c1-10(14(2,3)4)9-17-13(18)11-6-7-16-12(8-11)15-5/h6-8,10H,9H2,1-5H3,(H,15,16)(H,17,18). The molecular weight excluding hydrogens is 226 g/mol. The summed E-state index contributed by atoms with van der Waals surface area (Å²) in [5, 5.41) is 5.88. The molecule has 1 heterocycles. The molecule has 4 nitrogen and oxygen atoms in total. The number of pyridine rings is 1. The summed E-state index contributed by atoms with van der Waals surface area (Å²) >= 11 is 0. The summed E-state index contributed by atoms with van der Waals surface area (Å²) in [6, 6.07) is 3.47. The Labute approximate surface area is 109 Å². The van der Waals surface area contributed by atoms with Gasteiger partial charge in [0.25, 0.3) is 5.91 Å². The number of rotatable bonds is 4. The van der Waals surface area contributed by atoms with Gasteiger partial charge in [0.05, 0.1) is 0 Å². The fourth-order valence-electron chi connectivity index (χ4n) is 1.36. The van der Waals surface area contributed by atoms with Gasteiger partial charge in [-0.15, -0.1) is 0 Å². The molecule has 1 unspecified atom stereocenters. The molecule has 0 aliphatic heterocycles. The number of anilines is 1. The third kappa shape index (κ3) is 4.02. The number of nitrogens with zero attached hydrogens (tertiary/aromatic N) is 1. The molecule has 1 rings (SSSR count). The van der Waals surface area contributed by atoms with Crippen molar-refractivity contribution in [1.29, 1.82) is 0 Å². The van der Waals surface area contributed by atoms with Crippen LogP contribution in [0.1, 0.15) is 38.1 Å². The maximum atomic E-state index is 12.0. The molecule has 18 heavy (non-hydrogen) atoms. The number of hydrogen-bond donors (Lipinski definition) is 2. The first kappa shape index (κ1) is 14.5. The van der Waals surface area contributed by atoms with Crippen molar-refractivity contribution in [2.24, 2.45) is 11.3 Å². The third-order valence-corrected chi connectivity index (χ3v) is 3.33. The molecule has 0 radical (unpaired) electrons. The zero-order valence-electron chi connectivity index (χ0n) is 11.9. The number of amides is 1. The molecule has 1 aromatic heterocycles. The summed E-state index contributed by atoms with van der Waals surface area (Å²) in [5.74, 6) is 1.07. The van der Waals surface area contributed by atoms with E-state index in [1.54, 1.807) is 25.4 Å². The van der Waals surface area contributed by atoms with E-state index in [0.717, 1.165) is 0 Å². The van der Waals surface area contributed by atoms with E-state index in [0.29, 0.717) is 23.8 Å². The molecule has 4 heteroatoms. The maximum absolute atomic E-state index is 12.0. The van der Waals surface area contributed by atoms with Crippen molar-refractivity contribution >= 4 is 11.7 Å². The van der Waals surface area contributed by atoms with E-state index in [9.17, 15) is 4.79 Å². The van der Waals surface area contributed by atoms with Crippen molar-refractivity contribution in [3.05, 3.63) is 23.9 Å². The second-order valence-electron chi connectivity index (χ2n) is 5.66. The van der Waals surface area contributed by atoms with Gasteiger partial charge < -0.3 is 10.6 Å². The van der Waals surface area contributed by atoms with Gasteiger partial charge in [-0.05, 0) is 23.5 Å². The molecule has 0 saturated carbocycles. The van der Waals surface area contributed by atoms with Crippen LogP contribution in [-0.2, 0) is 0 Å². The Bertz CT molecular complexity index is 410. The normalized spacial score (nSPS) is 12.9. The third-order valence-electron chi connectivity index (χ3n) is 3.33. The molecule has 1 atom stereocenters. The molecule has 2 N–H and O–H groups in total. The van der Waals surface area contributed by atoms with Crippen LogP contribution in [0.25, 0.3) is 0 Å². The molecule has 1 amide bonds. The van der Waals surface area contributed by atoms with Crippen LogP contribution in [0.5, 0.6) is 0 Å². The van der Waals surface area contributed by atoms with Crippen molar-refractivity contribution < 1.29 is 4.79 Å². The van der Waals surface area contributed by atoms with Crippen LogP contribution < -0.4 is 10.6 Å². The lowest BCUT2D eigenvalue weighted by Gasteiger charge is -2.27. The van der Waals surface area contributed by atoms with E-state index in [1.165, 1.54) is 0 Å². The highest BCUT2D eigenvalue weighted by molar-refractivity contribution is 5.94. The minimum atomic E-state index is -0.0509. The molecule has 100 valence electrons. The highest BCUT2D eigenvalue weighted by Crippen LogP contribution is 2.24. The van der Waals surface area contributed by atoms with Gasteiger partial charge in [0, 0.05) is 25.4 Å².